The van der Waals surface area contributed by atoms with Crippen molar-refractivity contribution in [3.8, 4) is 0 Å². The van der Waals surface area contributed by atoms with E-state index in [0.717, 1.165) is 0 Å². The van der Waals surface area contributed by atoms with E-state index in [0.29, 0.717) is 30.1 Å². The van der Waals surface area contributed by atoms with E-state index in [1.165, 1.54) is 0 Å². The van der Waals surface area contributed by atoms with E-state index in [1.807, 2.05) is 4.57 Å². The van der Waals surface area contributed by atoms with Crippen LogP contribution in [-0.4, -0.2) is 33.2 Å². The van der Waals surface area contributed by atoms with Gasteiger partial charge in [0.1, 0.15) is 5.52 Å². The van der Waals surface area contributed by atoms with Crippen molar-refractivity contribution in [1.29, 1.82) is 0 Å². The molecule has 7 nitrogen and oxygen atoms in total. The van der Waals surface area contributed by atoms with Crippen LogP contribution in [0.15, 0.2) is 6.33 Å². The Balaban J connectivity index is 2.49. The zero-order chi connectivity index (χ0) is 10.8. The van der Waals surface area contributed by atoms with Crippen LogP contribution in [0.5, 0.6) is 0 Å². The molecule has 0 bridgehead atoms. The Kier molecular flexibility index (Phi) is 2.38. The molecule has 0 aliphatic carbocycles. The monoisotopic (exact) mass is 208 g/mol. The molecule has 0 saturated carbocycles. The number of fused-ring (bicyclic) bond motifs is 1. The fourth-order valence-electron chi connectivity index (χ4n) is 1.34. The number of nitrogens with zero attached hydrogens (tertiary/aromatic N) is 4. The van der Waals surface area contributed by atoms with Crippen LogP contribution in [0, 0.1) is 0 Å². The largest absolute Gasteiger partial charge is 0.383 e. The smallest absolute Gasteiger partial charge is 0.224 e. The molecule has 0 aliphatic heterocycles. The van der Waals surface area contributed by atoms with E-state index in [4.69, 9.17) is 16.2 Å². The van der Waals surface area contributed by atoms with Crippen LogP contribution in [0.2, 0.25) is 0 Å². The molecule has 2 aromatic rings. The van der Waals surface area contributed by atoms with E-state index in [9.17, 15) is 0 Å². The molecule has 0 spiro atoms. The Morgan fingerprint density at radius 3 is 2.93 bits per heavy atom. The van der Waals surface area contributed by atoms with Crippen LogP contribution in [-0.2, 0) is 11.3 Å². The Bertz CT molecular complexity index is 479. The van der Waals surface area contributed by atoms with Crippen molar-refractivity contribution in [2.45, 2.75) is 6.54 Å². The van der Waals surface area contributed by atoms with Crippen molar-refractivity contribution < 1.29 is 4.74 Å². The molecule has 0 unspecified atom stereocenters. The number of methoxy groups -OCH3 is 1. The quantitative estimate of drug-likeness (QED) is 0.713. The van der Waals surface area contributed by atoms with Gasteiger partial charge in [-0.2, -0.15) is 9.97 Å². The first-order chi connectivity index (χ1) is 7.22. The van der Waals surface area contributed by atoms with Gasteiger partial charge in [-0.25, -0.2) is 4.98 Å². The maximum Gasteiger partial charge on any atom is 0.224 e. The van der Waals surface area contributed by atoms with Gasteiger partial charge in [-0.3, -0.25) is 0 Å². The number of nitrogens with two attached hydrogens (primary N) is 2. The van der Waals surface area contributed by atoms with Crippen molar-refractivity contribution in [3.05, 3.63) is 6.33 Å². The molecule has 2 rings (SSSR count). The normalized spacial score (nSPS) is 11.0. The molecular weight excluding hydrogens is 196 g/mol. The average Bonchev–Trinajstić information content (AvgIpc) is 2.58. The van der Waals surface area contributed by atoms with Gasteiger partial charge in [-0.1, -0.05) is 0 Å². The molecule has 2 aromatic heterocycles. The molecular formula is C8H12N6O. The van der Waals surface area contributed by atoms with E-state index in [2.05, 4.69) is 15.0 Å². The van der Waals surface area contributed by atoms with Gasteiger partial charge in [0.15, 0.2) is 11.5 Å². The fraction of sp³-hybridized carbons (Fsp3) is 0.375. The van der Waals surface area contributed by atoms with E-state index in [1.54, 1.807) is 13.4 Å². The molecule has 0 aromatic carbocycles. The highest BCUT2D eigenvalue weighted by molar-refractivity contribution is 5.82. The van der Waals surface area contributed by atoms with Crippen LogP contribution in [0.1, 0.15) is 0 Å². The lowest BCUT2D eigenvalue weighted by Crippen LogP contribution is -2.06. The van der Waals surface area contributed by atoms with Gasteiger partial charge in [-0.15, -0.1) is 0 Å². The SMILES string of the molecule is COCCn1cnc2c(N)nc(N)nc21. The molecule has 2 heterocycles. The highest BCUT2D eigenvalue weighted by Crippen LogP contribution is 2.16. The zero-order valence-electron chi connectivity index (χ0n) is 8.34. The summed E-state index contributed by atoms with van der Waals surface area (Å²) in [6.07, 6.45) is 1.65. The third kappa shape index (κ3) is 1.68. The lowest BCUT2D eigenvalue weighted by atomic mass is 10.5. The zero-order valence-corrected chi connectivity index (χ0v) is 8.34. The first kappa shape index (κ1) is 9.66. The van der Waals surface area contributed by atoms with E-state index < -0.39 is 0 Å². The number of ether oxygens (including phenoxy) is 1. The average molecular weight is 208 g/mol. The van der Waals surface area contributed by atoms with Crippen molar-refractivity contribution >= 4 is 22.9 Å². The number of rotatable bonds is 3. The maximum absolute atomic E-state index is 5.66. The number of imidazole rings is 1. The predicted octanol–water partition coefficient (Wildman–Crippen LogP) is -0.363. The topological polar surface area (TPSA) is 105 Å². The maximum atomic E-state index is 5.66. The van der Waals surface area contributed by atoms with E-state index in [-0.39, 0.29) is 5.95 Å². The van der Waals surface area contributed by atoms with Crippen LogP contribution in [0.25, 0.3) is 11.2 Å². The summed E-state index contributed by atoms with van der Waals surface area (Å²) in [5, 5.41) is 0. The highest BCUT2D eigenvalue weighted by atomic mass is 16.5. The summed E-state index contributed by atoms with van der Waals surface area (Å²) in [6.45, 7) is 1.23. The summed E-state index contributed by atoms with van der Waals surface area (Å²) in [4.78, 5) is 12.0. The summed E-state index contributed by atoms with van der Waals surface area (Å²) in [6, 6.07) is 0. The standard InChI is InChI=1S/C8H12N6O/c1-15-3-2-14-4-11-5-6(9)12-8(10)13-7(5)14/h4H,2-3H2,1H3,(H4,9,10,12,13). The van der Waals surface area contributed by atoms with Gasteiger partial charge in [0.05, 0.1) is 12.9 Å². The molecule has 0 atom stereocenters. The molecule has 80 valence electrons. The highest BCUT2D eigenvalue weighted by Gasteiger charge is 2.09. The fourth-order valence-corrected chi connectivity index (χ4v) is 1.34. The summed E-state index contributed by atoms with van der Waals surface area (Å²) in [7, 11) is 1.64. The van der Waals surface area contributed by atoms with Crippen LogP contribution >= 0.6 is 0 Å². The van der Waals surface area contributed by atoms with Crippen molar-refractivity contribution in [2.24, 2.45) is 0 Å². The molecule has 4 N–H and O–H groups in total. The third-order valence-electron chi connectivity index (χ3n) is 2.04. The minimum Gasteiger partial charge on any atom is -0.383 e. The first-order valence-electron chi connectivity index (χ1n) is 4.45. The number of anilines is 2. The van der Waals surface area contributed by atoms with Crippen LogP contribution in [0.3, 0.4) is 0 Å². The molecule has 0 radical (unpaired) electrons. The molecule has 15 heavy (non-hydrogen) atoms. The van der Waals surface area contributed by atoms with Crippen molar-refractivity contribution in [3.63, 3.8) is 0 Å². The van der Waals surface area contributed by atoms with Gasteiger partial charge >= 0.3 is 0 Å². The number of hydrogen-bond donors (Lipinski definition) is 2. The summed E-state index contributed by atoms with van der Waals surface area (Å²) < 4.78 is 6.80. The Hall–Kier alpha value is -1.89. The van der Waals surface area contributed by atoms with Crippen molar-refractivity contribution in [1.82, 2.24) is 19.5 Å². The summed E-state index contributed by atoms with van der Waals surface area (Å²) in [5.74, 6) is 0.452. The number of hydrogen-bond acceptors (Lipinski definition) is 6. The second-order valence-electron chi connectivity index (χ2n) is 3.07. The van der Waals surface area contributed by atoms with Gasteiger partial charge in [0.25, 0.3) is 0 Å². The molecule has 0 saturated heterocycles. The Morgan fingerprint density at radius 2 is 2.20 bits per heavy atom. The van der Waals surface area contributed by atoms with Gasteiger partial charge in [-0.05, 0) is 0 Å². The first-order valence-corrected chi connectivity index (χ1v) is 4.45. The second-order valence-corrected chi connectivity index (χ2v) is 3.07. The van der Waals surface area contributed by atoms with Crippen molar-refractivity contribution in [2.75, 3.05) is 25.2 Å². The minimum absolute atomic E-state index is 0.152. The Labute approximate surface area is 86.1 Å². The predicted molar refractivity (Wildman–Crippen MR) is 56.0 cm³/mol. The summed E-state index contributed by atoms with van der Waals surface area (Å²) in [5.41, 5.74) is 12.4. The van der Waals surface area contributed by atoms with Gasteiger partial charge < -0.3 is 20.8 Å². The third-order valence-corrected chi connectivity index (χ3v) is 2.04. The van der Waals surface area contributed by atoms with Crippen LogP contribution < -0.4 is 11.5 Å². The molecule has 0 amide bonds. The lowest BCUT2D eigenvalue weighted by molar-refractivity contribution is 0.188. The van der Waals surface area contributed by atoms with E-state index >= 15 is 0 Å². The lowest BCUT2D eigenvalue weighted by Gasteiger charge is -2.02. The number of nitrogen functional groups attached to an aromatic ring is 2. The minimum atomic E-state index is 0.152. The van der Waals surface area contributed by atoms with Crippen LogP contribution in [0.4, 0.5) is 11.8 Å². The summed E-state index contributed by atoms with van der Waals surface area (Å²) >= 11 is 0. The Morgan fingerprint density at radius 1 is 1.40 bits per heavy atom. The van der Waals surface area contributed by atoms with Gasteiger partial charge in [0, 0.05) is 13.7 Å². The molecule has 0 aliphatic rings. The van der Waals surface area contributed by atoms with Gasteiger partial charge in [0.2, 0.25) is 5.95 Å². The molecule has 7 heteroatoms. The molecule has 0 fully saturated rings. The second kappa shape index (κ2) is 3.70. The number of aromatic nitrogens is 4.